The Hall–Kier alpha value is -2.42. The average molecular weight is 228 g/mol. The first-order chi connectivity index (χ1) is 8.19. The smallest absolute Gasteiger partial charge is 0.234 e. The molecule has 0 spiro atoms. The van der Waals surface area contributed by atoms with Crippen molar-refractivity contribution in [3.63, 3.8) is 0 Å². The van der Waals surface area contributed by atoms with Crippen molar-refractivity contribution in [2.75, 3.05) is 5.32 Å². The van der Waals surface area contributed by atoms with Crippen molar-refractivity contribution in [1.29, 1.82) is 5.26 Å². The predicted molar refractivity (Wildman–Crippen MR) is 62.7 cm³/mol. The molecule has 0 fully saturated rings. The molecule has 2 N–H and O–H groups in total. The third-order valence-electron chi connectivity index (χ3n) is 2.23. The van der Waals surface area contributed by atoms with E-state index in [0.29, 0.717) is 17.6 Å². The van der Waals surface area contributed by atoms with Crippen LogP contribution in [-0.4, -0.2) is 20.2 Å². The number of H-pyrrole nitrogens is 1. The normalized spacial score (nSPS) is 10.2. The zero-order chi connectivity index (χ0) is 12.3. The van der Waals surface area contributed by atoms with Gasteiger partial charge in [0, 0.05) is 18.0 Å². The van der Waals surface area contributed by atoms with Crippen molar-refractivity contribution >= 4 is 11.6 Å². The number of rotatable bonds is 3. The van der Waals surface area contributed by atoms with Crippen molar-refractivity contribution in [2.24, 2.45) is 0 Å². The molecule has 2 heterocycles. The first-order valence-corrected chi connectivity index (χ1v) is 5.24. The molecule has 0 bridgehead atoms. The summed E-state index contributed by atoms with van der Waals surface area (Å²) in [4.78, 5) is 7.80. The molecule has 0 saturated heterocycles. The molecule has 2 rings (SSSR count). The van der Waals surface area contributed by atoms with E-state index >= 15 is 0 Å². The van der Waals surface area contributed by atoms with Crippen LogP contribution >= 0.6 is 0 Å². The Balaban J connectivity index is 2.17. The molecule has 6 nitrogen and oxygen atoms in total. The van der Waals surface area contributed by atoms with Crippen LogP contribution in [0.1, 0.15) is 31.3 Å². The summed E-state index contributed by atoms with van der Waals surface area (Å²) >= 11 is 0. The van der Waals surface area contributed by atoms with E-state index in [-0.39, 0.29) is 5.82 Å². The van der Waals surface area contributed by atoms with Crippen molar-refractivity contribution in [3.8, 4) is 6.07 Å². The Morgan fingerprint density at radius 3 is 2.88 bits per heavy atom. The first kappa shape index (κ1) is 11.1. The summed E-state index contributed by atoms with van der Waals surface area (Å²) in [6.07, 6.45) is 1.53. The van der Waals surface area contributed by atoms with Crippen LogP contribution in [0.25, 0.3) is 0 Å². The number of aromatic nitrogens is 4. The monoisotopic (exact) mass is 228 g/mol. The molecule has 0 amide bonds. The van der Waals surface area contributed by atoms with Gasteiger partial charge in [-0.25, -0.2) is 9.97 Å². The summed E-state index contributed by atoms with van der Waals surface area (Å²) in [5.41, 5.74) is 1.04. The van der Waals surface area contributed by atoms with Crippen LogP contribution in [-0.2, 0) is 0 Å². The molecule has 0 aromatic carbocycles. The van der Waals surface area contributed by atoms with Gasteiger partial charge in [-0.15, -0.1) is 0 Å². The van der Waals surface area contributed by atoms with Crippen molar-refractivity contribution in [3.05, 3.63) is 29.8 Å². The molecule has 86 valence electrons. The van der Waals surface area contributed by atoms with E-state index in [0.717, 1.165) is 5.69 Å². The molecule has 6 heteroatoms. The summed E-state index contributed by atoms with van der Waals surface area (Å²) in [7, 11) is 0. The fourth-order valence-electron chi connectivity index (χ4n) is 1.31. The van der Waals surface area contributed by atoms with Gasteiger partial charge in [0.25, 0.3) is 0 Å². The van der Waals surface area contributed by atoms with E-state index in [1.807, 2.05) is 12.1 Å². The molecule has 0 radical (unpaired) electrons. The number of nitriles is 1. The number of nitrogens with one attached hydrogen (secondary N) is 2. The predicted octanol–water partition coefficient (Wildman–Crippen LogP) is 1.94. The van der Waals surface area contributed by atoms with Gasteiger partial charge in [0.15, 0.2) is 5.82 Å². The van der Waals surface area contributed by atoms with Crippen molar-refractivity contribution < 1.29 is 0 Å². The number of anilines is 2. The Labute approximate surface area is 98.7 Å². The van der Waals surface area contributed by atoms with Gasteiger partial charge in [-0.2, -0.15) is 10.4 Å². The highest BCUT2D eigenvalue weighted by molar-refractivity contribution is 5.51. The highest BCUT2D eigenvalue weighted by Crippen LogP contribution is 2.17. The second kappa shape index (κ2) is 4.61. The zero-order valence-electron chi connectivity index (χ0n) is 9.60. The standard InChI is InChI=1S/C11H12N6/c1-7(2)8-5-10(17-16-8)14-9-3-4-13-11(6-12)15-9/h3-5,7H,1-2H3,(H2,13,14,15,16,17). The maximum atomic E-state index is 8.68. The molecule has 0 atom stereocenters. The van der Waals surface area contributed by atoms with Crippen LogP contribution in [0, 0.1) is 11.3 Å². The average Bonchev–Trinajstić information content (AvgIpc) is 2.78. The summed E-state index contributed by atoms with van der Waals surface area (Å²) in [6.45, 7) is 4.16. The summed E-state index contributed by atoms with van der Waals surface area (Å²) in [6, 6.07) is 5.49. The second-order valence-corrected chi connectivity index (χ2v) is 3.87. The Bertz CT molecular complexity index is 551. The van der Waals surface area contributed by atoms with E-state index < -0.39 is 0 Å². The van der Waals surface area contributed by atoms with Crippen LogP contribution in [0.4, 0.5) is 11.6 Å². The van der Waals surface area contributed by atoms with Crippen LogP contribution < -0.4 is 5.32 Å². The molecule has 0 aliphatic carbocycles. The third-order valence-corrected chi connectivity index (χ3v) is 2.23. The Morgan fingerprint density at radius 1 is 1.41 bits per heavy atom. The molecule has 2 aromatic rings. The maximum absolute atomic E-state index is 8.68. The lowest BCUT2D eigenvalue weighted by molar-refractivity contribution is 0.811. The Kier molecular flexibility index (Phi) is 3.01. The molecule has 2 aromatic heterocycles. The SMILES string of the molecule is CC(C)c1cc(Nc2ccnc(C#N)n2)n[nH]1. The summed E-state index contributed by atoms with van der Waals surface area (Å²) < 4.78 is 0. The van der Waals surface area contributed by atoms with Crippen molar-refractivity contribution in [2.45, 2.75) is 19.8 Å². The quantitative estimate of drug-likeness (QED) is 0.837. The molecule has 0 aliphatic rings. The van der Waals surface area contributed by atoms with Gasteiger partial charge in [0.05, 0.1) is 0 Å². The minimum Gasteiger partial charge on any atom is -0.323 e. The number of nitrogens with zero attached hydrogens (tertiary/aromatic N) is 4. The second-order valence-electron chi connectivity index (χ2n) is 3.87. The summed E-state index contributed by atoms with van der Waals surface area (Å²) in [5.74, 6) is 1.75. The molecule has 0 saturated carbocycles. The molecule has 0 unspecified atom stereocenters. The largest absolute Gasteiger partial charge is 0.323 e. The molecular formula is C11H12N6. The fraction of sp³-hybridized carbons (Fsp3) is 0.273. The highest BCUT2D eigenvalue weighted by atomic mass is 15.2. The topological polar surface area (TPSA) is 90.3 Å². The van der Waals surface area contributed by atoms with E-state index in [1.54, 1.807) is 6.07 Å². The third kappa shape index (κ3) is 2.58. The van der Waals surface area contributed by atoms with Gasteiger partial charge in [-0.3, -0.25) is 5.10 Å². The maximum Gasteiger partial charge on any atom is 0.234 e. The van der Waals surface area contributed by atoms with Gasteiger partial charge < -0.3 is 5.32 Å². The van der Waals surface area contributed by atoms with Gasteiger partial charge >= 0.3 is 0 Å². The minimum absolute atomic E-state index is 0.134. The number of hydrogen-bond donors (Lipinski definition) is 2. The van der Waals surface area contributed by atoms with Crippen LogP contribution in [0.5, 0.6) is 0 Å². The van der Waals surface area contributed by atoms with Gasteiger partial charge in [-0.05, 0) is 12.0 Å². The van der Waals surface area contributed by atoms with E-state index in [2.05, 4.69) is 39.3 Å². The van der Waals surface area contributed by atoms with Crippen LogP contribution in [0.2, 0.25) is 0 Å². The van der Waals surface area contributed by atoms with Gasteiger partial charge in [0.1, 0.15) is 11.9 Å². The van der Waals surface area contributed by atoms with E-state index in [4.69, 9.17) is 5.26 Å². The molecule has 0 aliphatic heterocycles. The lowest BCUT2D eigenvalue weighted by Gasteiger charge is -2.00. The minimum atomic E-state index is 0.134. The molecule has 17 heavy (non-hydrogen) atoms. The van der Waals surface area contributed by atoms with Gasteiger partial charge in [-0.1, -0.05) is 13.8 Å². The number of hydrogen-bond acceptors (Lipinski definition) is 5. The lowest BCUT2D eigenvalue weighted by Crippen LogP contribution is -1.96. The fourth-order valence-corrected chi connectivity index (χ4v) is 1.31. The molecular weight excluding hydrogens is 216 g/mol. The number of aromatic amines is 1. The lowest BCUT2D eigenvalue weighted by atomic mass is 10.1. The van der Waals surface area contributed by atoms with Crippen LogP contribution in [0.15, 0.2) is 18.3 Å². The van der Waals surface area contributed by atoms with Crippen LogP contribution in [0.3, 0.4) is 0 Å². The van der Waals surface area contributed by atoms with E-state index in [9.17, 15) is 0 Å². The van der Waals surface area contributed by atoms with E-state index in [1.165, 1.54) is 6.20 Å². The summed E-state index contributed by atoms with van der Waals surface area (Å²) in [5, 5.41) is 18.7. The van der Waals surface area contributed by atoms with Gasteiger partial charge in [0.2, 0.25) is 5.82 Å². The van der Waals surface area contributed by atoms with Crippen molar-refractivity contribution in [1.82, 2.24) is 20.2 Å². The highest BCUT2D eigenvalue weighted by Gasteiger charge is 2.05. The zero-order valence-corrected chi connectivity index (χ0v) is 9.60. The first-order valence-electron chi connectivity index (χ1n) is 5.24. The Morgan fingerprint density at radius 2 is 2.24 bits per heavy atom.